The molecule has 0 aromatic heterocycles. The number of rotatable bonds is 43. The van der Waals surface area contributed by atoms with Crippen molar-refractivity contribution in [1.29, 1.82) is 0 Å². The molecule has 0 aliphatic heterocycles. The van der Waals surface area contributed by atoms with Crippen LogP contribution in [0.2, 0.25) is 0 Å². The normalized spacial score (nSPS) is 12.2. The first-order chi connectivity index (χ1) is 27.1. The van der Waals surface area contributed by atoms with E-state index in [1.165, 1.54) is 148 Å². The Hall–Kier alpha value is -1.59. The van der Waals surface area contributed by atoms with Gasteiger partial charge in [-0.2, -0.15) is 0 Å². The fourth-order valence-electron chi connectivity index (χ4n) is 7.41. The molecule has 0 rings (SSSR count). The molecule has 0 aliphatic rings. The molecule has 0 heterocycles. The van der Waals surface area contributed by atoms with Crippen LogP contribution in [0.4, 0.5) is 0 Å². The predicted molar refractivity (Wildman–Crippen MR) is 238 cm³/mol. The highest BCUT2D eigenvalue weighted by Crippen LogP contribution is 2.17. The van der Waals surface area contributed by atoms with Gasteiger partial charge in [-0.05, 0) is 37.0 Å². The molecule has 0 radical (unpaired) electrons. The fraction of sp³-hybridized carbons (Fsp3) is 0.940. The molecule has 0 amide bonds. The second kappa shape index (κ2) is 41.6. The van der Waals surface area contributed by atoms with E-state index in [1.807, 2.05) is 0 Å². The SMILES string of the molecule is CC(C)CCCCCCCCCCCCCCCC(=O)OC[C@H](COC(=O)CCCCCCCCCC(C)C)OC(=O)CCCCCCCCCCCC(C)C. The lowest BCUT2D eigenvalue weighted by atomic mass is 10.0. The zero-order valence-corrected chi connectivity index (χ0v) is 38.4. The third-order valence-electron chi connectivity index (χ3n) is 11.1. The van der Waals surface area contributed by atoms with E-state index in [0.29, 0.717) is 19.3 Å². The van der Waals surface area contributed by atoms with Crippen LogP contribution in [0.5, 0.6) is 0 Å². The minimum absolute atomic E-state index is 0.0657. The van der Waals surface area contributed by atoms with Crippen molar-refractivity contribution >= 4 is 17.9 Å². The summed E-state index contributed by atoms with van der Waals surface area (Å²) in [5.41, 5.74) is 0. The molecule has 1 atom stereocenters. The third-order valence-corrected chi connectivity index (χ3v) is 11.1. The second-order valence-corrected chi connectivity index (χ2v) is 18.5. The largest absolute Gasteiger partial charge is 0.462 e. The Labute approximate surface area is 348 Å². The first-order valence-corrected chi connectivity index (χ1v) is 24.6. The van der Waals surface area contributed by atoms with Crippen molar-refractivity contribution in [3.8, 4) is 0 Å². The predicted octanol–water partition coefficient (Wildman–Crippen LogP) is 15.6. The average Bonchev–Trinajstić information content (AvgIpc) is 3.15. The summed E-state index contributed by atoms with van der Waals surface area (Å²) in [5, 5.41) is 0. The summed E-state index contributed by atoms with van der Waals surface area (Å²) in [6.07, 6.45) is 39.6. The van der Waals surface area contributed by atoms with Gasteiger partial charge in [-0.25, -0.2) is 0 Å². The van der Waals surface area contributed by atoms with Gasteiger partial charge in [-0.1, -0.05) is 228 Å². The van der Waals surface area contributed by atoms with Crippen molar-refractivity contribution in [3.05, 3.63) is 0 Å². The lowest BCUT2D eigenvalue weighted by Gasteiger charge is -2.18. The maximum absolute atomic E-state index is 12.7. The molecule has 0 N–H and O–H groups in total. The molecule has 0 spiro atoms. The maximum Gasteiger partial charge on any atom is 0.306 e. The number of carbonyl (C=O) groups is 3. The van der Waals surface area contributed by atoms with E-state index in [2.05, 4.69) is 41.5 Å². The van der Waals surface area contributed by atoms with Crippen molar-refractivity contribution in [2.45, 2.75) is 272 Å². The summed E-state index contributed by atoms with van der Waals surface area (Å²) >= 11 is 0. The van der Waals surface area contributed by atoms with Crippen molar-refractivity contribution in [2.24, 2.45) is 17.8 Å². The Balaban J connectivity index is 4.29. The Morgan fingerprint density at radius 2 is 0.518 bits per heavy atom. The van der Waals surface area contributed by atoms with Gasteiger partial charge < -0.3 is 14.2 Å². The number of hydrogen-bond donors (Lipinski definition) is 0. The van der Waals surface area contributed by atoms with Gasteiger partial charge in [0, 0.05) is 19.3 Å². The monoisotopic (exact) mass is 793 g/mol. The molecule has 0 unspecified atom stereocenters. The highest BCUT2D eigenvalue weighted by atomic mass is 16.6. The van der Waals surface area contributed by atoms with Crippen LogP contribution in [-0.2, 0) is 28.6 Å². The van der Waals surface area contributed by atoms with Crippen LogP contribution < -0.4 is 0 Å². The van der Waals surface area contributed by atoms with E-state index < -0.39 is 6.10 Å². The number of esters is 3. The van der Waals surface area contributed by atoms with Crippen LogP contribution in [0.25, 0.3) is 0 Å². The van der Waals surface area contributed by atoms with Gasteiger partial charge in [0.1, 0.15) is 13.2 Å². The number of carbonyl (C=O) groups excluding carboxylic acids is 3. The second-order valence-electron chi connectivity index (χ2n) is 18.5. The molecule has 56 heavy (non-hydrogen) atoms. The van der Waals surface area contributed by atoms with Gasteiger partial charge in [0.25, 0.3) is 0 Å². The highest BCUT2D eigenvalue weighted by molar-refractivity contribution is 5.71. The molecular formula is C50H96O6. The molecule has 6 nitrogen and oxygen atoms in total. The van der Waals surface area contributed by atoms with E-state index in [9.17, 15) is 14.4 Å². The molecule has 332 valence electrons. The quantitative estimate of drug-likeness (QED) is 0.0348. The average molecular weight is 793 g/mol. The van der Waals surface area contributed by atoms with E-state index in [1.54, 1.807) is 0 Å². The molecule has 0 saturated carbocycles. The van der Waals surface area contributed by atoms with Gasteiger partial charge in [0.05, 0.1) is 0 Å². The standard InChI is InChI=1S/C50H96O6/c1-44(2)36-30-24-18-13-10-8-7-9-11-15-21-27-33-39-48(51)54-42-47(43-55-49(52)40-34-28-23-17-20-26-32-38-46(5)6)56-50(53)41-35-29-22-16-12-14-19-25-31-37-45(3)4/h44-47H,7-43H2,1-6H3/t47-/m1/s1. The van der Waals surface area contributed by atoms with Gasteiger partial charge >= 0.3 is 17.9 Å². The summed E-state index contributed by atoms with van der Waals surface area (Å²) in [6.45, 7) is 13.6. The topological polar surface area (TPSA) is 78.9 Å². The molecular weight excluding hydrogens is 697 g/mol. The molecule has 6 heteroatoms. The Morgan fingerprint density at radius 3 is 0.768 bits per heavy atom. The summed E-state index contributed by atoms with van der Waals surface area (Å²) in [4.78, 5) is 37.8. The van der Waals surface area contributed by atoms with Crippen LogP contribution in [0.15, 0.2) is 0 Å². The first-order valence-electron chi connectivity index (χ1n) is 24.6. The first kappa shape index (κ1) is 54.4. The zero-order chi connectivity index (χ0) is 41.3. The minimum atomic E-state index is -0.762. The zero-order valence-electron chi connectivity index (χ0n) is 38.4. The lowest BCUT2D eigenvalue weighted by molar-refractivity contribution is -0.167. The van der Waals surface area contributed by atoms with Crippen LogP contribution in [-0.4, -0.2) is 37.2 Å². The molecule has 0 aromatic rings. The van der Waals surface area contributed by atoms with E-state index in [4.69, 9.17) is 14.2 Å². The van der Waals surface area contributed by atoms with E-state index in [-0.39, 0.29) is 31.1 Å². The summed E-state index contributed by atoms with van der Waals surface area (Å²) in [5.74, 6) is 1.57. The van der Waals surface area contributed by atoms with Crippen LogP contribution in [0.1, 0.15) is 266 Å². The van der Waals surface area contributed by atoms with Crippen LogP contribution in [0.3, 0.4) is 0 Å². The maximum atomic E-state index is 12.7. The third kappa shape index (κ3) is 43.5. The van der Waals surface area contributed by atoms with Crippen molar-refractivity contribution in [1.82, 2.24) is 0 Å². The summed E-state index contributed by atoms with van der Waals surface area (Å²) < 4.78 is 16.8. The molecule has 0 fully saturated rings. The van der Waals surface area contributed by atoms with Gasteiger partial charge in [0.2, 0.25) is 0 Å². The number of unbranched alkanes of at least 4 members (excludes halogenated alkanes) is 26. The van der Waals surface area contributed by atoms with Crippen molar-refractivity contribution in [2.75, 3.05) is 13.2 Å². The van der Waals surface area contributed by atoms with Gasteiger partial charge in [0.15, 0.2) is 6.10 Å². The molecule has 0 aliphatic carbocycles. The Morgan fingerprint density at radius 1 is 0.304 bits per heavy atom. The summed E-state index contributed by atoms with van der Waals surface area (Å²) in [7, 11) is 0. The van der Waals surface area contributed by atoms with E-state index in [0.717, 1.165) is 75.5 Å². The Kier molecular flexibility index (Phi) is 40.4. The molecule has 0 bridgehead atoms. The number of hydrogen-bond acceptors (Lipinski definition) is 6. The Bertz CT molecular complexity index is 868. The van der Waals surface area contributed by atoms with Crippen LogP contribution in [0, 0.1) is 17.8 Å². The molecule has 0 aromatic carbocycles. The van der Waals surface area contributed by atoms with Crippen molar-refractivity contribution in [3.63, 3.8) is 0 Å². The van der Waals surface area contributed by atoms with Gasteiger partial charge in [-0.3, -0.25) is 14.4 Å². The van der Waals surface area contributed by atoms with E-state index >= 15 is 0 Å². The van der Waals surface area contributed by atoms with Gasteiger partial charge in [-0.15, -0.1) is 0 Å². The van der Waals surface area contributed by atoms with Crippen LogP contribution >= 0.6 is 0 Å². The number of ether oxygens (including phenoxy) is 3. The minimum Gasteiger partial charge on any atom is -0.462 e. The summed E-state index contributed by atoms with van der Waals surface area (Å²) in [6, 6.07) is 0. The van der Waals surface area contributed by atoms with Crippen molar-refractivity contribution < 1.29 is 28.6 Å². The highest BCUT2D eigenvalue weighted by Gasteiger charge is 2.19. The fourth-order valence-corrected chi connectivity index (χ4v) is 7.41. The lowest BCUT2D eigenvalue weighted by Crippen LogP contribution is -2.30. The molecule has 0 saturated heterocycles. The smallest absolute Gasteiger partial charge is 0.306 e.